The standard InChI is InChI=1S/C16H16N4OS2/c1-10-5-6-12(11(2)8-10)17-14(21)9-23-16-18-15(19-20-16)13-4-3-7-22-13/h3-8H,9H2,1-2H3,(H,17,21)(H,18,19,20). The number of nitrogens with one attached hydrogen (secondary N) is 2. The number of carbonyl (C=O) groups is 1. The zero-order valence-corrected chi connectivity index (χ0v) is 14.4. The summed E-state index contributed by atoms with van der Waals surface area (Å²) < 4.78 is 0. The molecule has 3 aromatic rings. The van der Waals surface area contributed by atoms with Crippen molar-refractivity contribution in [3.8, 4) is 10.7 Å². The van der Waals surface area contributed by atoms with Crippen LogP contribution in [0.4, 0.5) is 5.69 Å². The number of rotatable bonds is 5. The lowest BCUT2D eigenvalue weighted by Crippen LogP contribution is -2.15. The normalized spacial score (nSPS) is 10.7. The lowest BCUT2D eigenvalue weighted by atomic mass is 10.1. The number of anilines is 1. The van der Waals surface area contributed by atoms with Gasteiger partial charge in [-0.3, -0.25) is 9.89 Å². The summed E-state index contributed by atoms with van der Waals surface area (Å²) in [4.78, 5) is 17.5. The maximum absolute atomic E-state index is 12.1. The molecule has 3 rings (SSSR count). The molecule has 0 aliphatic rings. The van der Waals surface area contributed by atoms with Crippen LogP contribution in [0.2, 0.25) is 0 Å². The highest BCUT2D eigenvalue weighted by molar-refractivity contribution is 7.99. The van der Waals surface area contributed by atoms with Crippen molar-refractivity contribution in [2.75, 3.05) is 11.1 Å². The maximum atomic E-state index is 12.1. The average Bonchev–Trinajstić information content (AvgIpc) is 3.18. The van der Waals surface area contributed by atoms with Crippen molar-refractivity contribution < 1.29 is 4.79 Å². The molecule has 0 saturated heterocycles. The second-order valence-electron chi connectivity index (χ2n) is 5.10. The number of amides is 1. The number of H-pyrrole nitrogens is 1. The highest BCUT2D eigenvalue weighted by Crippen LogP contribution is 2.23. The first-order valence-corrected chi connectivity index (χ1v) is 8.94. The van der Waals surface area contributed by atoms with E-state index in [-0.39, 0.29) is 11.7 Å². The molecule has 0 bridgehead atoms. The van der Waals surface area contributed by atoms with E-state index >= 15 is 0 Å². The molecule has 1 amide bonds. The zero-order valence-electron chi connectivity index (χ0n) is 12.8. The summed E-state index contributed by atoms with van der Waals surface area (Å²) in [5.74, 6) is 0.941. The molecule has 5 nitrogen and oxygen atoms in total. The van der Waals surface area contributed by atoms with E-state index < -0.39 is 0 Å². The van der Waals surface area contributed by atoms with Gasteiger partial charge in [-0.05, 0) is 36.9 Å². The van der Waals surface area contributed by atoms with E-state index in [1.807, 2.05) is 49.6 Å². The first-order chi connectivity index (χ1) is 11.1. The van der Waals surface area contributed by atoms with Gasteiger partial charge >= 0.3 is 0 Å². The number of benzene rings is 1. The SMILES string of the molecule is Cc1ccc(NC(=O)CSc2n[nH]c(-c3cccs3)n2)c(C)c1. The predicted molar refractivity (Wildman–Crippen MR) is 95.0 cm³/mol. The van der Waals surface area contributed by atoms with E-state index in [0.717, 1.165) is 22.0 Å². The second-order valence-corrected chi connectivity index (χ2v) is 6.99. The van der Waals surface area contributed by atoms with Crippen molar-refractivity contribution in [1.82, 2.24) is 15.2 Å². The summed E-state index contributed by atoms with van der Waals surface area (Å²) in [6.45, 7) is 4.02. The van der Waals surface area contributed by atoms with E-state index in [4.69, 9.17) is 0 Å². The molecular formula is C16H16N4OS2. The summed E-state index contributed by atoms with van der Waals surface area (Å²) in [6, 6.07) is 9.90. The molecule has 0 atom stereocenters. The van der Waals surface area contributed by atoms with Crippen molar-refractivity contribution in [2.45, 2.75) is 19.0 Å². The Balaban J connectivity index is 1.57. The van der Waals surface area contributed by atoms with Gasteiger partial charge in [0.15, 0.2) is 5.82 Å². The number of nitrogens with zero attached hydrogens (tertiary/aromatic N) is 2. The van der Waals surface area contributed by atoms with Crippen molar-refractivity contribution in [2.24, 2.45) is 0 Å². The fraction of sp³-hybridized carbons (Fsp3) is 0.188. The molecule has 0 aliphatic carbocycles. The number of aromatic amines is 1. The number of aryl methyl sites for hydroxylation is 2. The van der Waals surface area contributed by atoms with Crippen LogP contribution in [-0.4, -0.2) is 26.8 Å². The lowest BCUT2D eigenvalue weighted by Gasteiger charge is -2.08. The summed E-state index contributed by atoms with van der Waals surface area (Å²) >= 11 is 2.91. The summed E-state index contributed by atoms with van der Waals surface area (Å²) in [5.41, 5.74) is 3.08. The molecular weight excluding hydrogens is 328 g/mol. The van der Waals surface area contributed by atoms with Crippen molar-refractivity contribution >= 4 is 34.7 Å². The Bertz CT molecular complexity index is 811. The number of hydrogen-bond donors (Lipinski definition) is 2. The molecule has 2 heterocycles. The van der Waals surface area contributed by atoms with E-state index in [0.29, 0.717) is 5.16 Å². The lowest BCUT2D eigenvalue weighted by molar-refractivity contribution is -0.113. The summed E-state index contributed by atoms with van der Waals surface area (Å²) in [5, 5.41) is 12.5. The molecule has 0 fully saturated rings. The van der Waals surface area contributed by atoms with Gasteiger partial charge in [0.1, 0.15) is 0 Å². The fourth-order valence-corrected chi connectivity index (χ4v) is 3.37. The van der Waals surface area contributed by atoms with Gasteiger partial charge in [0.25, 0.3) is 0 Å². The third-order valence-corrected chi connectivity index (χ3v) is 4.93. The van der Waals surface area contributed by atoms with Crippen LogP contribution in [-0.2, 0) is 4.79 Å². The molecule has 0 unspecified atom stereocenters. The van der Waals surface area contributed by atoms with Crippen molar-refractivity contribution in [3.63, 3.8) is 0 Å². The predicted octanol–water partition coefficient (Wildman–Crippen LogP) is 3.88. The molecule has 118 valence electrons. The number of carbonyl (C=O) groups excluding carboxylic acids is 1. The first-order valence-electron chi connectivity index (χ1n) is 7.08. The quantitative estimate of drug-likeness (QED) is 0.689. The van der Waals surface area contributed by atoms with Crippen LogP contribution in [0, 0.1) is 13.8 Å². The minimum Gasteiger partial charge on any atom is -0.325 e. The van der Waals surface area contributed by atoms with Gasteiger partial charge in [-0.2, -0.15) is 0 Å². The highest BCUT2D eigenvalue weighted by Gasteiger charge is 2.10. The van der Waals surface area contributed by atoms with Crippen LogP contribution < -0.4 is 5.32 Å². The summed E-state index contributed by atoms with van der Waals surface area (Å²) in [6.07, 6.45) is 0. The maximum Gasteiger partial charge on any atom is 0.234 e. The molecule has 0 radical (unpaired) electrons. The fourth-order valence-electron chi connectivity index (χ4n) is 2.10. The van der Waals surface area contributed by atoms with Crippen LogP contribution in [0.3, 0.4) is 0 Å². The van der Waals surface area contributed by atoms with E-state index in [1.165, 1.54) is 17.3 Å². The van der Waals surface area contributed by atoms with Crippen LogP contribution in [0.5, 0.6) is 0 Å². The van der Waals surface area contributed by atoms with Gasteiger partial charge in [0, 0.05) is 5.69 Å². The van der Waals surface area contributed by atoms with Gasteiger partial charge < -0.3 is 5.32 Å². The molecule has 1 aromatic carbocycles. The number of thioether (sulfide) groups is 1. The topological polar surface area (TPSA) is 70.7 Å². The Morgan fingerprint density at radius 1 is 1.35 bits per heavy atom. The van der Waals surface area contributed by atoms with Crippen LogP contribution in [0.1, 0.15) is 11.1 Å². The molecule has 7 heteroatoms. The molecule has 0 aliphatic heterocycles. The van der Waals surface area contributed by atoms with E-state index in [1.54, 1.807) is 11.3 Å². The van der Waals surface area contributed by atoms with Gasteiger partial charge in [0.2, 0.25) is 11.1 Å². The Morgan fingerprint density at radius 2 is 2.22 bits per heavy atom. The smallest absolute Gasteiger partial charge is 0.234 e. The molecule has 0 saturated carbocycles. The number of hydrogen-bond acceptors (Lipinski definition) is 5. The second kappa shape index (κ2) is 6.97. The van der Waals surface area contributed by atoms with Crippen LogP contribution in [0.25, 0.3) is 10.7 Å². The Kier molecular flexibility index (Phi) is 4.78. The van der Waals surface area contributed by atoms with Crippen LogP contribution >= 0.6 is 23.1 Å². The molecule has 2 aromatic heterocycles. The van der Waals surface area contributed by atoms with Gasteiger partial charge in [-0.1, -0.05) is 35.5 Å². The van der Waals surface area contributed by atoms with Gasteiger partial charge in [0.05, 0.1) is 10.6 Å². The Labute approximate surface area is 142 Å². The van der Waals surface area contributed by atoms with Gasteiger partial charge in [-0.25, -0.2) is 4.98 Å². The third kappa shape index (κ3) is 4.00. The zero-order chi connectivity index (χ0) is 16.2. The molecule has 0 spiro atoms. The monoisotopic (exact) mass is 344 g/mol. The minimum absolute atomic E-state index is 0.0653. The first kappa shape index (κ1) is 15.8. The van der Waals surface area contributed by atoms with E-state index in [9.17, 15) is 4.79 Å². The average molecular weight is 344 g/mol. The van der Waals surface area contributed by atoms with E-state index in [2.05, 4.69) is 20.5 Å². The number of aromatic nitrogens is 3. The highest BCUT2D eigenvalue weighted by atomic mass is 32.2. The third-order valence-electron chi connectivity index (χ3n) is 3.21. The van der Waals surface area contributed by atoms with Gasteiger partial charge in [-0.15, -0.1) is 16.4 Å². The van der Waals surface area contributed by atoms with Crippen LogP contribution in [0.15, 0.2) is 40.9 Å². The Hall–Kier alpha value is -2.12. The van der Waals surface area contributed by atoms with Crippen molar-refractivity contribution in [3.05, 3.63) is 46.8 Å². The van der Waals surface area contributed by atoms with Crippen molar-refractivity contribution in [1.29, 1.82) is 0 Å². The molecule has 23 heavy (non-hydrogen) atoms. The largest absolute Gasteiger partial charge is 0.325 e. The molecule has 2 N–H and O–H groups in total. The Morgan fingerprint density at radius 3 is 2.96 bits per heavy atom. The number of thiophene rings is 1. The minimum atomic E-state index is -0.0653. The summed E-state index contributed by atoms with van der Waals surface area (Å²) in [7, 11) is 0.